The number of hydrogen-bond donors (Lipinski definition) is 1. The van der Waals surface area contributed by atoms with Crippen LogP contribution in [0.3, 0.4) is 0 Å². The highest BCUT2D eigenvalue weighted by Gasteiger charge is 2.23. The van der Waals surface area contributed by atoms with Gasteiger partial charge in [0.2, 0.25) is 0 Å². The molecule has 1 rings (SSSR count). The lowest BCUT2D eigenvalue weighted by Gasteiger charge is -2.24. The second-order valence-corrected chi connectivity index (χ2v) is 4.90. The van der Waals surface area contributed by atoms with Crippen LogP contribution in [0.15, 0.2) is 0 Å². The van der Waals surface area contributed by atoms with Crippen LogP contribution in [-0.4, -0.2) is 20.2 Å². The Hall–Kier alpha value is 0.130. The molecule has 0 unspecified atom stereocenters. The molecule has 2 N–H and O–H groups in total. The highest BCUT2D eigenvalue weighted by Crippen LogP contribution is 2.24. The molecule has 1 saturated carbocycles. The lowest BCUT2D eigenvalue weighted by atomic mass is 9.88. The van der Waals surface area contributed by atoms with Gasteiger partial charge < -0.3 is 5.73 Å². The van der Waals surface area contributed by atoms with E-state index in [1.54, 1.807) is 0 Å². The molecule has 0 aromatic rings. The fourth-order valence-corrected chi connectivity index (χ4v) is 2.53. The van der Waals surface area contributed by atoms with E-state index < -0.39 is 10.2 Å². The second-order valence-electron chi connectivity index (χ2n) is 3.49. The maximum Gasteiger partial charge on any atom is 0.302 e. The molecule has 1 aliphatic carbocycles. The quantitative estimate of drug-likeness (QED) is 0.728. The van der Waals surface area contributed by atoms with Crippen molar-refractivity contribution in [3.63, 3.8) is 0 Å². The van der Waals surface area contributed by atoms with E-state index in [1.807, 2.05) is 0 Å². The van der Waals surface area contributed by atoms with Crippen molar-refractivity contribution in [2.45, 2.75) is 31.7 Å². The van der Waals surface area contributed by atoms with Gasteiger partial charge in [0, 0.05) is 6.04 Å². The largest absolute Gasteiger partial charge is 0.328 e. The number of halogens is 2. The molecule has 0 spiro atoms. The van der Waals surface area contributed by atoms with E-state index >= 15 is 0 Å². The van der Waals surface area contributed by atoms with Crippen molar-refractivity contribution in [3.05, 3.63) is 0 Å². The summed E-state index contributed by atoms with van der Waals surface area (Å²) in [5.74, 6) is -0.334. The van der Waals surface area contributed by atoms with Crippen LogP contribution in [-0.2, 0) is 10.2 Å². The van der Waals surface area contributed by atoms with Crippen molar-refractivity contribution in [1.82, 2.24) is 0 Å². The Morgan fingerprint density at radius 3 is 2.08 bits per heavy atom. The second kappa shape index (κ2) is 5.12. The monoisotopic (exact) mass is 231 g/mol. The Morgan fingerprint density at radius 2 is 1.69 bits per heavy atom. The van der Waals surface area contributed by atoms with Crippen molar-refractivity contribution in [2.24, 2.45) is 11.7 Å². The van der Waals surface area contributed by atoms with Crippen LogP contribution in [0, 0.1) is 5.92 Å². The predicted octanol–water partition coefficient (Wildman–Crippen LogP) is 1.23. The third-order valence-electron chi connectivity index (χ3n) is 2.33. The molecule has 0 bridgehead atoms. The molecule has 80 valence electrons. The van der Waals surface area contributed by atoms with Crippen molar-refractivity contribution in [3.8, 4) is 0 Å². The normalized spacial score (nSPS) is 29.4. The first-order chi connectivity index (χ1) is 5.47. The third kappa shape index (κ3) is 5.44. The van der Waals surface area contributed by atoms with Crippen molar-refractivity contribution < 1.29 is 12.3 Å². The molecule has 0 radical (unpaired) electrons. The van der Waals surface area contributed by atoms with Gasteiger partial charge in [-0.3, -0.25) is 0 Å². The standard InChI is InChI=1S/C7H14FNO2S.ClH/c8-12(10,11)5-6-1-3-7(9)4-2-6;/h6-7H,1-5,9H2;1H. The van der Waals surface area contributed by atoms with E-state index in [0.717, 1.165) is 25.7 Å². The summed E-state index contributed by atoms with van der Waals surface area (Å²) in [7, 11) is -4.28. The highest BCUT2D eigenvalue weighted by molar-refractivity contribution is 7.86. The number of hydrogen-bond acceptors (Lipinski definition) is 3. The summed E-state index contributed by atoms with van der Waals surface area (Å²) < 4.78 is 32.8. The van der Waals surface area contributed by atoms with Crippen molar-refractivity contribution in [1.29, 1.82) is 0 Å². The van der Waals surface area contributed by atoms with Gasteiger partial charge in [0.1, 0.15) is 0 Å². The van der Waals surface area contributed by atoms with E-state index in [4.69, 9.17) is 5.73 Å². The minimum atomic E-state index is -4.28. The van der Waals surface area contributed by atoms with Gasteiger partial charge in [0.25, 0.3) is 0 Å². The minimum absolute atomic E-state index is 0. The van der Waals surface area contributed by atoms with Gasteiger partial charge in [-0.05, 0) is 31.6 Å². The number of rotatable bonds is 2. The van der Waals surface area contributed by atoms with Gasteiger partial charge in [0.05, 0.1) is 5.75 Å². The van der Waals surface area contributed by atoms with Crippen molar-refractivity contribution >= 4 is 22.6 Å². The maximum atomic E-state index is 12.2. The van der Waals surface area contributed by atoms with Gasteiger partial charge in [-0.2, -0.15) is 8.42 Å². The first-order valence-electron chi connectivity index (χ1n) is 4.15. The van der Waals surface area contributed by atoms with E-state index in [2.05, 4.69) is 0 Å². The van der Waals surface area contributed by atoms with Crippen LogP contribution in [0.4, 0.5) is 3.89 Å². The summed E-state index contributed by atoms with van der Waals surface area (Å²) >= 11 is 0. The summed E-state index contributed by atoms with van der Waals surface area (Å²) in [5, 5.41) is 0. The Bertz CT molecular complexity index is 237. The molecule has 0 amide bonds. The molecule has 6 heteroatoms. The fourth-order valence-electron chi connectivity index (χ4n) is 1.64. The van der Waals surface area contributed by atoms with Crippen LogP contribution in [0.5, 0.6) is 0 Å². The van der Waals surface area contributed by atoms with Crippen LogP contribution < -0.4 is 5.73 Å². The first-order valence-corrected chi connectivity index (χ1v) is 5.70. The summed E-state index contributed by atoms with van der Waals surface area (Å²) in [5.41, 5.74) is 5.62. The van der Waals surface area contributed by atoms with Gasteiger partial charge in [-0.25, -0.2) is 0 Å². The van der Waals surface area contributed by atoms with Crippen LogP contribution in [0.1, 0.15) is 25.7 Å². The predicted molar refractivity (Wildman–Crippen MR) is 52.1 cm³/mol. The molecule has 0 saturated heterocycles. The van der Waals surface area contributed by atoms with E-state index in [-0.39, 0.29) is 30.1 Å². The molecule has 1 fully saturated rings. The van der Waals surface area contributed by atoms with Gasteiger partial charge in [0.15, 0.2) is 0 Å². The molecule has 0 aliphatic heterocycles. The number of nitrogens with two attached hydrogens (primary N) is 1. The van der Waals surface area contributed by atoms with Crippen LogP contribution >= 0.6 is 12.4 Å². The lowest BCUT2D eigenvalue weighted by Crippen LogP contribution is -2.28. The molecule has 0 aromatic heterocycles. The Morgan fingerprint density at radius 1 is 1.23 bits per heavy atom. The minimum Gasteiger partial charge on any atom is -0.328 e. The van der Waals surface area contributed by atoms with Crippen molar-refractivity contribution in [2.75, 3.05) is 5.75 Å². The summed E-state index contributed by atoms with van der Waals surface area (Å²) in [6.07, 6.45) is 3.12. The Kier molecular flexibility index (Phi) is 5.17. The fraction of sp³-hybridized carbons (Fsp3) is 1.00. The SMILES string of the molecule is Cl.NC1CCC(CS(=O)(=O)F)CC1. The average Bonchev–Trinajstić information content (AvgIpc) is 1.91. The van der Waals surface area contributed by atoms with Gasteiger partial charge in [-0.1, -0.05) is 0 Å². The lowest BCUT2D eigenvalue weighted by molar-refractivity contribution is 0.346. The van der Waals surface area contributed by atoms with Crippen LogP contribution in [0.25, 0.3) is 0 Å². The molecule has 13 heavy (non-hydrogen) atoms. The van der Waals surface area contributed by atoms with Gasteiger partial charge in [-0.15, -0.1) is 16.3 Å². The third-order valence-corrected chi connectivity index (χ3v) is 3.20. The zero-order chi connectivity index (χ0) is 9.19. The molecule has 3 nitrogen and oxygen atoms in total. The Balaban J connectivity index is 0.00000144. The highest BCUT2D eigenvalue weighted by atomic mass is 35.5. The molecular formula is C7H15ClFNO2S. The average molecular weight is 232 g/mol. The molecule has 1 aliphatic rings. The van der Waals surface area contributed by atoms with Crippen LogP contribution in [0.2, 0.25) is 0 Å². The summed E-state index contributed by atoms with van der Waals surface area (Å²) in [6.45, 7) is 0. The summed E-state index contributed by atoms with van der Waals surface area (Å²) in [6, 6.07) is 0.184. The van der Waals surface area contributed by atoms with E-state index in [1.165, 1.54) is 0 Å². The molecule has 0 atom stereocenters. The zero-order valence-corrected chi connectivity index (χ0v) is 8.91. The topological polar surface area (TPSA) is 60.2 Å². The smallest absolute Gasteiger partial charge is 0.302 e. The first kappa shape index (κ1) is 13.1. The molecule has 0 aromatic carbocycles. The maximum absolute atomic E-state index is 12.2. The summed E-state index contributed by atoms with van der Waals surface area (Å²) in [4.78, 5) is 0. The zero-order valence-electron chi connectivity index (χ0n) is 7.28. The Labute approximate surface area is 84.5 Å². The molecular weight excluding hydrogens is 217 g/mol. The van der Waals surface area contributed by atoms with Gasteiger partial charge >= 0.3 is 10.2 Å². The van der Waals surface area contributed by atoms with E-state index in [0.29, 0.717) is 0 Å². The molecule has 0 heterocycles. The van der Waals surface area contributed by atoms with E-state index in [9.17, 15) is 12.3 Å².